The van der Waals surface area contributed by atoms with Crippen LogP contribution in [0.4, 0.5) is 0 Å². The van der Waals surface area contributed by atoms with Gasteiger partial charge in [-0.15, -0.1) is 12.4 Å². The maximum atomic E-state index is 5.54. The van der Waals surface area contributed by atoms with Crippen molar-refractivity contribution in [1.82, 2.24) is 0 Å². The molecule has 0 aromatic rings. The molecule has 0 aliphatic rings. The lowest BCUT2D eigenvalue weighted by Crippen LogP contribution is -2.15. The van der Waals surface area contributed by atoms with Gasteiger partial charge in [-0.2, -0.15) is 0 Å². The van der Waals surface area contributed by atoms with Crippen LogP contribution < -0.4 is 5.73 Å². The molecule has 0 amide bonds. The number of hydrogen-bond donors (Lipinski definition) is 1. The van der Waals surface area contributed by atoms with Gasteiger partial charge in [0.2, 0.25) is 0 Å². The first-order valence-electron chi connectivity index (χ1n) is 3.68. The van der Waals surface area contributed by atoms with Gasteiger partial charge in [-0.1, -0.05) is 13.3 Å². The topological polar surface area (TPSA) is 50.7 Å². The van der Waals surface area contributed by atoms with E-state index in [9.17, 15) is 0 Å². The summed E-state index contributed by atoms with van der Waals surface area (Å²) in [6.07, 6.45) is 1.85. The average Bonchev–Trinajstić information content (AvgIpc) is 1.89. The van der Waals surface area contributed by atoms with Crippen LogP contribution in [0.1, 0.15) is 26.7 Å². The molecule has 0 radical (unpaired) electrons. The first kappa shape index (κ1) is 13.2. The predicted molar refractivity (Wildman–Crippen MR) is 50.5 cm³/mol. The normalized spacial score (nSPS) is 10.8. The summed E-state index contributed by atoms with van der Waals surface area (Å²) < 4.78 is 0. The first-order valence-corrected chi connectivity index (χ1v) is 3.68. The van der Waals surface area contributed by atoms with Crippen molar-refractivity contribution < 1.29 is 0 Å². The van der Waals surface area contributed by atoms with Crippen molar-refractivity contribution in [2.75, 3.05) is 6.54 Å². The molecular weight excluding hydrogens is 162 g/mol. The molecule has 1 unspecified atom stereocenters. The zero-order chi connectivity index (χ0) is 7.82. The zero-order valence-corrected chi connectivity index (χ0v) is 7.90. The van der Waals surface area contributed by atoms with Gasteiger partial charge in [0.25, 0.3) is 0 Å². The van der Waals surface area contributed by atoms with Crippen molar-refractivity contribution in [3.05, 3.63) is 0 Å². The molecule has 0 rings (SSSR count). The van der Waals surface area contributed by atoms with E-state index in [1.807, 2.05) is 6.92 Å². The summed E-state index contributed by atoms with van der Waals surface area (Å²) in [7, 11) is 0. The highest BCUT2D eigenvalue weighted by atomic mass is 35.5. The van der Waals surface area contributed by atoms with Gasteiger partial charge in [0.1, 0.15) is 6.17 Å². The molecular formula is C7H16ClN3. The summed E-state index contributed by atoms with van der Waals surface area (Å²) in [6.45, 7) is 4.74. The number of aliphatic imine (C=N–C) groups is 2. The minimum Gasteiger partial charge on any atom is -0.309 e. The van der Waals surface area contributed by atoms with Crippen LogP contribution in [0.25, 0.3) is 0 Å². The SMILES string of the molecule is CCCC(N)N=C=NCC.Cl. The monoisotopic (exact) mass is 177 g/mol. The highest BCUT2D eigenvalue weighted by Crippen LogP contribution is 1.91. The third-order valence-electron chi connectivity index (χ3n) is 1.04. The number of halogens is 1. The highest BCUT2D eigenvalue weighted by Gasteiger charge is 1.92. The Kier molecular flexibility index (Phi) is 11.6. The maximum Gasteiger partial charge on any atom is 0.108 e. The lowest BCUT2D eigenvalue weighted by molar-refractivity contribution is 0.632. The first-order chi connectivity index (χ1) is 4.81. The summed E-state index contributed by atoms with van der Waals surface area (Å²) in [5.41, 5.74) is 5.54. The average molecular weight is 178 g/mol. The number of hydrogen-bond acceptors (Lipinski definition) is 3. The van der Waals surface area contributed by atoms with Gasteiger partial charge in [0.15, 0.2) is 0 Å². The Balaban J connectivity index is 0. The molecule has 3 nitrogen and oxygen atoms in total. The summed E-state index contributed by atoms with van der Waals surface area (Å²) in [5, 5.41) is 0. The quantitative estimate of drug-likeness (QED) is 0.653. The van der Waals surface area contributed by atoms with Gasteiger partial charge in [-0.05, 0) is 13.3 Å². The third kappa shape index (κ3) is 9.63. The number of nitrogens with zero attached hydrogens (tertiary/aromatic N) is 2. The molecule has 11 heavy (non-hydrogen) atoms. The van der Waals surface area contributed by atoms with Crippen molar-refractivity contribution in [3.63, 3.8) is 0 Å². The molecule has 2 N–H and O–H groups in total. The van der Waals surface area contributed by atoms with E-state index in [1.165, 1.54) is 0 Å². The van der Waals surface area contributed by atoms with Crippen molar-refractivity contribution in [2.45, 2.75) is 32.9 Å². The van der Waals surface area contributed by atoms with Crippen LogP contribution >= 0.6 is 12.4 Å². The number of rotatable bonds is 4. The Morgan fingerprint density at radius 3 is 2.55 bits per heavy atom. The Labute approximate surface area is 74.2 Å². The van der Waals surface area contributed by atoms with Crippen LogP contribution in [0.2, 0.25) is 0 Å². The minimum absolute atomic E-state index is 0. The fourth-order valence-corrected chi connectivity index (χ4v) is 0.546. The Morgan fingerprint density at radius 1 is 1.45 bits per heavy atom. The lowest BCUT2D eigenvalue weighted by Gasteiger charge is -1.98. The second kappa shape index (κ2) is 9.63. The van der Waals surface area contributed by atoms with E-state index in [1.54, 1.807) is 0 Å². The van der Waals surface area contributed by atoms with Crippen molar-refractivity contribution in [1.29, 1.82) is 0 Å². The molecule has 0 aliphatic heterocycles. The van der Waals surface area contributed by atoms with E-state index >= 15 is 0 Å². The largest absolute Gasteiger partial charge is 0.309 e. The van der Waals surface area contributed by atoms with E-state index in [2.05, 4.69) is 22.9 Å². The molecule has 0 spiro atoms. The van der Waals surface area contributed by atoms with Crippen LogP contribution in [0.15, 0.2) is 9.98 Å². The molecule has 0 saturated heterocycles. The Bertz CT molecular complexity index is 130. The van der Waals surface area contributed by atoms with E-state index in [0.29, 0.717) is 0 Å². The van der Waals surface area contributed by atoms with Crippen LogP contribution in [0.5, 0.6) is 0 Å². The van der Waals surface area contributed by atoms with E-state index in [-0.39, 0.29) is 18.6 Å². The molecule has 0 bridgehead atoms. The standard InChI is InChI=1S/C7H15N3.ClH/c1-3-5-7(8)10-6-9-4-2;/h7H,3-5,8H2,1-2H3;1H. The van der Waals surface area contributed by atoms with Gasteiger partial charge in [0, 0.05) is 6.54 Å². The molecule has 0 fully saturated rings. The van der Waals surface area contributed by atoms with Crippen LogP contribution in [0, 0.1) is 0 Å². The molecule has 4 heteroatoms. The second-order valence-corrected chi connectivity index (χ2v) is 2.06. The van der Waals surface area contributed by atoms with Crippen molar-refractivity contribution >= 4 is 18.4 Å². The van der Waals surface area contributed by atoms with Crippen LogP contribution in [0.3, 0.4) is 0 Å². The third-order valence-corrected chi connectivity index (χ3v) is 1.04. The summed E-state index contributed by atoms with van der Waals surface area (Å²) in [5.74, 6) is 0. The molecule has 66 valence electrons. The molecule has 1 atom stereocenters. The minimum atomic E-state index is -0.111. The zero-order valence-electron chi connectivity index (χ0n) is 7.08. The van der Waals surface area contributed by atoms with E-state index < -0.39 is 0 Å². The molecule has 0 saturated carbocycles. The van der Waals surface area contributed by atoms with Gasteiger partial charge in [-0.3, -0.25) is 0 Å². The van der Waals surface area contributed by atoms with E-state index in [0.717, 1.165) is 19.4 Å². The maximum absolute atomic E-state index is 5.54. The molecule has 0 aromatic carbocycles. The van der Waals surface area contributed by atoms with Gasteiger partial charge in [0.05, 0.1) is 6.01 Å². The van der Waals surface area contributed by atoms with Gasteiger partial charge in [-0.25, -0.2) is 9.98 Å². The fourth-order valence-electron chi connectivity index (χ4n) is 0.546. The summed E-state index contributed by atoms with van der Waals surface area (Å²) in [6, 6.07) is 2.54. The van der Waals surface area contributed by atoms with Crippen molar-refractivity contribution in [3.8, 4) is 0 Å². The Hall–Kier alpha value is -0.370. The molecule has 0 aliphatic carbocycles. The summed E-state index contributed by atoms with van der Waals surface area (Å²) in [4.78, 5) is 7.66. The van der Waals surface area contributed by atoms with Gasteiger partial charge < -0.3 is 5.73 Å². The van der Waals surface area contributed by atoms with Gasteiger partial charge >= 0.3 is 0 Å². The van der Waals surface area contributed by atoms with E-state index in [4.69, 9.17) is 5.73 Å². The summed E-state index contributed by atoms with van der Waals surface area (Å²) >= 11 is 0. The highest BCUT2D eigenvalue weighted by molar-refractivity contribution is 5.85. The fraction of sp³-hybridized carbons (Fsp3) is 0.857. The number of nitrogens with two attached hydrogens (primary N) is 1. The van der Waals surface area contributed by atoms with Crippen molar-refractivity contribution in [2.24, 2.45) is 15.7 Å². The smallest absolute Gasteiger partial charge is 0.108 e. The van der Waals surface area contributed by atoms with Crippen LogP contribution in [-0.2, 0) is 0 Å². The van der Waals surface area contributed by atoms with Crippen LogP contribution in [-0.4, -0.2) is 18.7 Å². The molecule has 0 heterocycles. The Morgan fingerprint density at radius 2 is 2.09 bits per heavy atom. The second-order valence-electron chi connectivity index (χ2n) is 2.06. The lowest BCUT2D eigenvalue weighted by atomic mass is 10.3. The predicted octanol–water partition coefficient (Wildman–Crippen LogP) is 1.69. The molecule has 0 aromatic heterocycles.